The van der Waals surface area contributed by atoms with Gasteiger partial charge < -0.3 is 13.9 Å². The molecule has 2 aliphatic rings. The molecular weight excluding hydrogens is 523 g/mol. The van der Waals surface area contributed by atoms with Gasteiger partial charge in [-0.05, 0) is 34.8 Å². The van der Waals surface area contributed by atoms with E-state index in [1.165, 1.54) is 10.9 Å². The predicted octanol–water partition coefficient (Wildman–Crippen LogP) is 4.61. The van der Waals surface area contributed by atoms with Crippen LogP contribution in [0.25, 0.3) is 0 Å². The second-order valence-electron chi connectivity index (χ2n) is 11.3. The maximum Gasteiger partial charge on any atom is 0.291 e. The van der Waals surface area contributed by atoms with Gasteiger partial charge in [-0.2, -0.15) is 4.39 Å². The molecule has 2 aromatic carbocycles. The second-order valence-corrected chi connectivity index (χ2v) is 15.9. The molecule has 3 aromatic rings. The van der Waals surface area contributed by atoms with Crippen molar-refractivity contribution in [2.75, 3.05) is 6.61 Å². The van der Waals surface area contributed by atoms with Gasteiger partial charge in [0.2, 0.25) is 5.82 Å². The average molecular weight is 555 g/mol. The molecule has 5 rings (SSSR count). The van der Waals surface area contributed by atoms with Crippen molar-refractivity contribution in [1.29, 1.82) is 0 Å². The van der Waals surface area contributed by atoms with Gasteiger partial charge in [-0.3, -0.25) is 9.36 Å². The topological polar surface area (TPSA) is 62.6 Å². The van der Waals surface area contributed by atoms with E-state index in [0.29, 0.717) is 0 Å². The van der Waals surface area contributed by atoms with E-state index >= 15 is 0 Å². The van der Waals surface area contributed by atoms with Crippen molar-refractivity contribution >= 4 is 30.3 Å². The molecule has 0 saturated carbocycles. The molecule has 6 nitrogen and oxygen atoms in total. The number of benzene rings is 2. The van der Waals surface area contributed by atoms with Crippen LogP contribution in [-0.4, -0.2) is 42.5 Å². The Kier molecular flexibility index (Phi) is 6.98. The number of rotatable bonds is 6. The van der Waals surface area contributed by atoms with Crippen molar-refractivity contribution in [3.63, 3.8) is 0 Å². The van der Waals surface area contributed by atoms with Crippen LogP contribution in [0.15, 0.2) is 83.4 Å². The van der Waals surface area contributed by atoms with E-state index < -0.39 is 48.9 Å². The maximum absolute atomic E-state index is 14.4. The largest absolute Gasteiger partial charge is 0.403 e. The molecule has 0 N–H and O–H groups in total. The number of halogens is 2. The lowest BCUT2D eigenvalue weighted by atomic mass is 10.1. The Morgan fingerprint density at radius 3 is 2.18 bits per heavy atom. The Hall–Kier alpha value is -2.62. The van der Waals surface area contributed by atoms with Crippen LogP contribution in [-0.2, 0) is 13.9 Å². The highest BCUT2D eigenvalue weighted by atomic mass is 35.5. The van der Waals surface area contributed by atoms with E-state index in [4.69, 9.17) is 25.5 Å². The van der Waals surface area contributed by atoms with Crippen LogP contribution in [0, 0.1) is 5.82 Å². The summed E-state index contributed by atoms with van der Waals surface area (Å²) in [6.45, 7) is 10.6. The minimum Gasteiger partial charge on any atom is -0.403 e. The molecule has 9 heteroatoms. The van der Waals surface area contributed by atoms with Gasteiger partial charge in [-0.15, -0.1) is 0 Å². The van der Waals surface area contributed by atoms with Gasteiger partial charge in [0.15, 0.2) is 10.9 Å². The van der Waals surface area contributed by atoms with Crippen molar-refractivity contribution in [2.24, 2.45) is 0 Å². The number of fused-ring (bicyclic) bond motifs is 1. The molecule has 1 aromatic heterocycles. The molecule has 1 fully saturated rings. The zero-order valence-corrected chi connectivity index (χ0v) is 23.9. The Labute approximate surface area is 228 Å². The Morgan fingerprint density at radius 1 is 1.05 bits per heavy atom. The summed E-state index contributed by atoms with van der Waals surface area (Å²) in [7, 11) is -2.82. The van der Waals surface area contributed by atoms with Crippen molar-refractivity contribution in [3.8, 4) is 0 Å². The lowest BCUT2D eigenvalue weighted by molar-refractivity contribution is -0.148. The van der Waals surface area contributed by atoms with Crippen LogP contribution in [0.1, 0.15) is 40.7 Å². The maximum atomic E-state index is 14.4. The first kappa shape index (κ1) is 27.0. The van der Waals surface area contributed by atoms with Crippen LogP contribution < -0.4 is 15.9 Å². The van der Waals surface area contributed by atoms with Crippen LogP contribution in [0.5, 0.6) is 0 Å². The van der Waals surface area contributed by atoms with Crippen LogP contribution in [0.3, 0.4) is 0 Å². The molecular formula is C29H32ClFN2O4Si. The average Bonchev–Trinajstić information content (AvgIpc) is 3.36. The number of aromatic nitrogens is 2. The fraction of sp³-hybridized carbons (Fsp3) is 0.379. The summed E-state index contributed by atoms with van der Waals surface area (Å²) >= 11 is 5.75. The minimum absolute atomic E-state index is 0.208. The lowest BCUT2D eigenvalue weighted by Gasteiger charge is -2.43. The summed E-state index contributed by atoms with van der Waals surface area (Å²) in [5, 5.41) is 1.66. The number of nitrogens with zero attached hydrogens (tertiary/aromatic N) is 2. The van der Waals surface area contributed by atoms with E-state index in [1.807, 2.05) is 56.3 Å². The van der Waals surface area contributed by atoms with Crippen molar-refractivity contribution < 1.29 is 18.3 Å². The van der Waals surface area contributed by atoms with E-state index in [-0.39, 0.29) is 11.6 Å². The summed E-state index contributed by atoms with van der Waals surface area (Å²) < 4.78 is 35.2. The zero-order chi connectivity index (χ0) is 27.3. The van der Waals surface area contributed by atoms with E-state index in [1.54, 1.807) is 0 Å². The quantitative estimate of drug-likeness (QED) is 0.253. The van der Waals surface area contributed by atoms with Gasteiger partial charge in [0.05, 0.1) is 12.6 Å². The number of ether oxygens (including phenoxy) is 2. The molecule has 2 heterocycles. The highest BCUT2D eigenvalue weighted by Gasteiger charge is 2.54. The Balaban J connectivity index is 1.58. The molecule has 0 radical (unpaired) electrons. The van der Waals surface area contributed by atoms with E-state index in [0.717, 1.165) is 15.9 Å². The summed E-state index contributed by atoms with van der Waals surface area (Å²) in [5.41, 5.74) is -0.00622. The first-order valence-corrected chi connectivity index (χ1v) is 15.0. The fourth-order valence-electron chi connectivity index (χ4n) is 5.69. The van der Waals surface area contributed by atoms with Gasteiger partial charge in [-0.25, -0.2) is 4.98 Å². The second kappa shape index (κ2) is 9.84. The van der Waals surface area contributed by atoms with Gasteiger partial charge in [-0.1, -0.05) is 99.1 Å². The summed E-state index contributed by atoms with van der Waals surface area (Å²) in [5.74, 6) is -1.97. The summed E-state index contributed by atoms with van der Waals surface area (Å²) in [4.78, 5) is 16.6. The first-order valence-electron chi connectivity index (χ1n) is 12.7. The monoisotopic (exact) mass is 554 g/mol. The van der Waals surface area contributed by atoms with Crippen LogP contribution in [0.4, 0.5) is 4.39 Å². The van der Waals surface area contributed by atoms with E-state index in [9.17, 15) is 9.18 Å². The molecule has 3 atom stereocenters. The number of hydrogen-bond donors (Lipinski definition) is 0. The summed E-state index contributed by atoms with van der Waals surface area (Å²) in [6.07, 6.45) is 2.15. The molecule has 0 bridgehead atoms. The molecule has 0 amide bonds. The molecule has 1 aliphatic carbocycles. The smallest absolute Gasteiger partial charge is 0.291 e. The zero-order valence-electron chi connectivity index (χ0n) is 22.2. The molecule has 1 aliphatic heterocycles. The highest BCUT2D eigenvalue weighted by Crippen LogP contribution is 2.44. The fourth-order valence-corrected chi connectivity index (χ4v) is 10.4. The van der Waals surface area contributed by atoms with Crippen LogP contribution >= 0.6 is 11.6 Å². The molecule has 1 saturated heterocycles. The Morgan fingerprint density at radius 2 is 1.63 bits per heavy atom. The van der Waals surface area contributed by atoms with Gasteiger partial charge in [0.1, 0.15) is 18.5 Å². The minimum atomic E-state index is -2.82. The molecule has 38 heavy (non-hydrogen) atoms. The first-order chi connectivity index (χ1) is 17.9. The van der Waals surface area contributed by atoms with E-state index in [2.05, 4.69) is 50.0 Å². The van der Waals surface area contributed by atoms with Crippen LogP contribution in [0.2, 0.25) is 10.2 Å². The lowest BCUT2D eigenvalue weighted by Crippen LogP contribution is -2.66. The molecule has 200 valence electrons. The van der Waals surface area contributed by atoms with Gasteiger partial charge >= 0.3 is 0 Å². The summed E-state index contributed by atoms with van der Waals surface area (Å²) in [6, 6.07) is 20.1. The highest BCUT2D eigenvalue weighted by molar-refractivity contribution is 6.99. The SMILES string of the molecule is CC1(C)O[C@@H]2[C@H](O1)C(CO[Si](c1ccccc1)(c1ccccc1)C(C)(C)C)=C[C@H]2n1cnc(Cl)c(F)c1=O. The van der Waals surface area contributed by atoms with Crippen molar-refractivity contribution in [1.82, 2.24) is 9.55 Å². The Bertz CT molecular complexity index is 1370. The third-order valence-corrected chi connectivity index (χ3v) is 12.6. The van der Waals surface area contributed by atoms with Crippen molar-refractivity contribution in [3.05, 3.63) is 100.0 Å². The standard InChI is InChI=1S/C29H32ClFN2O4Si/c1-28(2,3)38(20-12-8-6-9-13-20,21-14-10-7-11-15-21)35-17-19-16-22(25-24(19)36-29(4,5)37-25)33-18-32-26(30)23(31)27(33)34/h6-16,18,22,24-25H,17H2,1-5H3/t22-,24-,25+/m1/s1. The van der Waals surface area contributed by atoms with Crippen molar-refractivity contribution in [2.45, 2.75) is 63.7 Å². The molecule has 0 spiro atoms. The normalized spacial score (nSPS) is 22.8. The number of hydrogen-bond acceptors (Lipinski definition) is 5. The molecule has 0 unspecified atom stereocenters. The predicted molar refractivity (Wildman–Crippen MR) is 148 cm³/mol. The van der Waals surface area contributed by atoms with Gasteiger partial charge in [0.25, 0.3) is 13.9 Å². The third-order valence-electron chi connectivity index (χ3n) is 7.31. The third kappa shape index (κ3) is 4.58. The van der Waals surface area contributed by atoms with Gasteiger partial charge in [0, 0.05) is 0 Å².